The molecule has 1 atom stereocenters. The Balaban J connectivity index is 1.79. The third-order valence-corrected chi connectivity index (χ3v) is 3.90. The summed E-state index contributed by atoms with van der Waals surface area (Å²) in [6.45, 7) is 5.73. The van der Waals surface area contributed by atoms with Crippen molar-refractivity contribution in [1.29, 1.82) is 0 Å². The normalized spacial score (nSPS) is 12.4. The van der Waals surface area contributed by atoms with Crippen LogP contribution in [0, 0.1) is 6.92 Å². The highest BCUT2D eigenvalue weighted by atomic mass is 35.5. The maximum absolute atomic E-state index is 6.15. The number of halogens is 1. The lowest BCUT2D eigenvalue weighted by atomic mass is 10.2. The summed E-state index contributed by atoms with van der Waals surface area (Å²) in [6.07, 6.45) is 0.0835. The monoisotopic (exact) mass is 295 g/mol. The molecular formula is C15H18ClNOS. The maximum atomic E-state index is 6.15. The lowest BCUT2D eigenvalue weighted by Crippen LogP contribution is -2.28. The Morgan fingerprint density at radius 3 is 2.89 bits per heavy atom. The summed E-state index contributed by atoms with van der Waals surface area (Å²) in [5.41, 5.74) is 1.14. The van der Waals surface area contributed by atoms with Crippen molar-refractivity contribution >= 4 is 22.9 Å². The number of thiophene rings is 1. The van der Waals surface area contributed by atoms with E-state index in [2.05, 4.69) is 22.8 Å². The highest BCUT2D eigenvalue weighted by Crippen LogP contribution is 2.25. The van der Waals surface area contributed by atoms with Crippen LogP contribution in [0.15, 0.2) is 35.7 Å². The minimum atomic E-state index is 0.0835. The zero-order valence-corrected chi connectivity index (χ0v) is 12.7. The Kier molecular flexibility index (Phi) is 5.25. The first kappa shape index (κ1) is 14.4. The van der Waals surface area contributed by atoms with Gasteiger partial charge in [-0.25, -0.2) is 0 Å². The van der Waals surface area contributed by atoms with Crippen LogP contribution in [0.25, 0.3) is 0 Å². The van der Waals surface area contributed by atoms with Gasteiger partial charge in [-0.2, -0.15) is 0 Å². The molecule has 2 rings (SSSR count). The second kappa shape index (κ2) is 6.94. The molecular weight excluding hydrogens is 278 g/mol. The SMILES string of the molecule is Cc1ccc(OC(C)CNCc2cccs2)c(Cl)c1. The fourth-order valence-corrected chi connectivity index (χ4v) is 2.73. The Morgan fingerprint density at radius 2 is 2.21 bits per heavy atom. The van der Waals surface area contributed by atoms with E-state index in [-0.39, 0.29) is 6.10 Å². The quantitative estimate of drug-likeness (QED) is 0.859. The topological polar surface area (TPSA) is 21.3 Å². The van der Waals surface area contributed by atoms with E-state index in [0.29, 0.717) is 5.02 Å². The Morgan fingerprint density at radius 1 is 1.37 bits per heavy atom. The van der Waals surface area contributed by atoms with E-state index in [4.69, 9.17) is 16.3 Å². The number of ether oxygens (including phenoxy) is 1. The van der Waals surface area contributed by atoms with Gasteiger partial charge in [0.15, 0.2) is 0 Å². The summed E-state index contributed by atoms with van der Waals surface area (Å²) < 4.78 is 5.83. The van der Waals surface area contributed by atoms with Gasteiger partial charge in [-0.3, -0.25) is 0 Å². The minimum Gasteiger partial charge on any atom is -0.488 e. The van der Waals surface area contributed by atoms with Gasteiger partial charge in [0.25, 0.3) is 0 Å². The van der Waals surface area contributed by atoms with Gasteiger partial charge in [-0.1, -0.05) is 23.7 Å². The minimum absolute atomic E-state index is 0.0835. The number of hydrogen-bond acceptors (Lipinski definition) is 3. The first-order valence-corrected chi connectivity index (χ1v) is 7.57. The Hall–Kier alpha value is -1.03. The van der Waals surface area contributed by atoms with Gasteiger partial charge in [-0.15, -0.1) is 11.3 Å². The molecule has 19 heavy (non-hydrogen) atoms. The van der Waals surface area contributed by atoms with E-state index >= 15 is 0 Å². The molecule has 2 nitrogen and oxygen atoms in total. The molecule has 0 spiro atoms. The average molecular weight is 296 g/mol. The zero-order valence-electron chi connectivity index (χ0n) is 11.2. The third-order valence-electron chi connectivity index (χ3n) is 2.73. The van der Waals surface area contributed by atoms with E-state index in [1.54, 1.807) is 11.3 Å². The molecule has 0 saturated heterocycles. The van der Waals surface area contributed by atoms with E-state index in [1.807, 2.05) is 32.0 Å². The summed E-state index contributed by atoms with van der Waals surface area (Å²) in [6, 6.07) is 10.0. The van der Waals surface area contributed by atoms with Crippen molar-refractivity contribution in [3.05, 3.63) is 51.2 Å². The van der Waals surface area contributed by atoms with Crippen molar-refractivity contribution in [2.45, 2.75) is 26.5 Å². The first-order chi connectivity index (χ1) is 9.15. The van der Waals surface area contributed by atoms with Crippen LogP contribution < -0.4 is 10.1 Å². The molecule has 0 aliphatic rings. The Labute approximate surface area is 123 Å². The van der Waals surface area contributed by atoms with E-state index in [1.165, 1.54) is 4.88 Å². The summed E-state index contributed by atoms with van der Waals surface area (Å²) in [5.74, 6) is 0.748. The molecule has 4 heteroatoms. The Bertz CT molecular complexity index is 513. The second-order valence-corrected chi connectivity index (χ2v) is 6.01. The largest absolute Gasteiger partial charge is 0.488 e. The van der Waals surface area contributed by atoms with Crippen molar-refractivity contribution in [2.75, 3.05) is 6.54 Å². The molecule has 1 aromatic heterocycles. The molecule has 0 bridgehead atoms. The van der Waals surface area contributed by atoms with Gasteiger partial charge in [0.1, 0.15) is 11.9 Å². The van der Waals surface area contributed by atoms with E-state index in [0.717, 1.165) is 24.4 Å². The lowest BCUT2D eigenvalue weighted by Gasteiger charge is -2.16. The van der Waals surface area contributed by atoms with Crippen LogP contribution in [0.5, 0.6) is 5.75 Å². The molecule has 0 aliphatic carbocycles. The third kappa shape index (κ3) is 4.53. The molecule has 0 amide bonds. The number of hydrogen-bond donors (Lipinski definition) is 1. The second-order valence-electron chi connectivity index (χ2n) is 4.57. The average Bonchev–Trinajstić information content (AvgIpc) is 2.86. The molecule has 1 unspecified atom stereocenters. The van der Waals surface area contributed by atoms with Gasteiger partial charge in [0.05, 0.1) is 5.02 Å². The predicted octanol–water partition coefficient (Wildman–Crippen LogP) is 4.27. The molecule has 1 heterocycles. The highest BCUT2D eigenvalue weighted by molar-refractivity contribution is 7.09. The lowest BCUT2D eigenvalue weighted by molar-refractivity contribution is 0.217. The summed E-state index contributed by atoms with van der Waals surface area (Å²) in [4.78, 5) is 1.33. The van der Waals surface area contributed by atoms with Gasteiger partial charge in [0.2, 0.25) is 0 Å². The molecule has 102 valence electrons. The zero-order chi connectivity index (χ0) is 13.7. The van der Waals surface area contributed by atoms with Crippen molar-refractivity contribution < 1.29 is 4.74 Å². The van der Waals surface area contributed by atoms with Crippen LogP contribution in [0.2, 0.25) is 5.02 Å². The molecule has 0 aliphatic heterocycles. The van der Waals surface area contributed by atoms with Crippen LogP contribution >= 0.6 is 22.9 Å². The number of nitrogens with one attached hydrogen (secondary N) is 1. The van der Waals surface area contributed by atoms with E-state index in [9.17, 15) is 0 Å². The highest BCUT2D eigenvalue weighted by Gasteiger charge is 2.07. The fourth-order valence-electron chi connectivity index (χ4n) is 1.77. The first-order valence-electron chi connectivity index (χ1n) is 6.31. The number of rotatable bonds is 6. The van der Waals surface area contributed by atoms with E-state index < -0.39 is 0 Å². The summed E-state index contributed by atoms with van der Waals surface area (Å²) >= 11 is 7.90. The molecule has 0 saturated carbocycles. The maximum Gasteiger partial charge on any atom is 0.138 e. The van der Waals surface area contributed by atoms with Crippen LogP contribution in [0.3, 0.4) is 0 Å². The van der Waals surface area contributed by atoms with Gasteiger partial charge in [-0.05, 0) is 43.0 Å². The van der Waals surface area contributed by atoms with Gasteiger partial charge in [0, 0.05) is 18.0 Å². The van der Waals surface area contributed by atoms with Crippen LogP contribution in [-0.2, 0) is 6.54 Å². The fraction of sp³-hybridized carbons (Fsp3) is 0.333. The van der Waals surface area contributed by atoms with Crippen molar-refractivity contribution in [1.82, 2.24) is 5.32 Å². The molecule has 0 fully saturated rings. The number of benzene rings is 1. The predicted molar refractivity (Wildman–Crippen MR) is 82.3 cm³/mol. The summed E-state index contributed by atoms with van der Waals surface area (Å²) in [5, 5.41) is 6.14. The molecule has 1 aromatic carbocycles. The van der Waals surface area contributed by atoms with Crippen LogP contribution in [0.1, 0.15) is 17.4 Å². The van der Waals surface area contributed by atoms with Gasteiger partial charge < -0.3 is 10.1 Å². The van der Waals surface area contributed by atoms with Gasteiger partial charge >= 0.3 is 0 Å². The molecule has 1 N–H and O–H groups in total. The summed E-state index contributed by atoms with van der Waals surface area (Å²) in [7, 11) is 0. The molecule has 2 aromatic rings. The molecule has 0 radical (unpaired) electrons. The van der Waals surface area contributed by atoms with Crippen molar-refractivity contribution in [3.8, 4) is 5.75 Å². The standard InChI is InChI=1S/C15H18ClNOS/c1-11-5-6-15(14(16)8-11)18-12(2)9-17-10-13-4-3-7-19-13/h3-8,12,17H,9-10H2,1-2H3. The van der Waals surface area contributed by atoms with Crippen LogP contribution in [0.4, 0.5) is 0 Å². The van der Waals surface area contributed by atoms with Crippen molar-refractivity contribution in [3.63, 3.8) is 0 Å². The van der Waals surface area contributed by atoms with Crippen molar-refractivity contribution in [2.24, 2.45) is 0 Å². The smallest absolute Gasteiger partial charge is 0.138 e. The number of aryl methyl sites for hydroxylation is 1. The van der Waals surface area contributed by atoms with Crippen LogP contribution in [-0.4, -0.2) is 12.6 Å².